The summed E-state index contributed by atoms with van der Waals surface area (Å²) in [5, 5.41) is 15.0. The number of carbonyl (C=O) groups excluding carboxylic acids is 1. The quantitative estimate of drug-likeness (QED) is 0.725. The minimum Gasteiger partial charge on any atom is -0.480 e. The number of rotatable bonds is 5. The summed E-state index contributed by atoms with van der Waals surface area (Å²) in [7, 11) is 0. The van der Waals surface area contributed by atoms with Crippen molar-refractivity contribution in [2.45, 2.75) is 64.3 Å². The summed E-state index contributed by atoms with van der Waals surface area (Å²) in [6.07, 6.45) is 6.14. The van der Waals surface area contributed by atoms with Crippen LogP contribution in [0.2, 0.25) is 0 Å². The van der Waals surface area contributed by atoms with Gasteiger partial charge in [0.1, 0.15) is 5.54 Å². The Labute approximate surface area is 120 Å². The zero-order chi connectivity index (χ0) is 14.8. The highest BCUT2D eigenvalue weighted by atomic mass is 16.4. The monoisotopic (exact) mass is 282 g/mol. The Hall–Kier alpha value is -1.26. The van der Waals surface area contributed by atoms with Crippen LogP contribution < -0.4 is 10.6 Å². The van der Waals surface area contributed by atoms with Gasteiger partial charge in [-0.2, -0.15) is 0 Å². The summed E-state index contributed by atoms with van der Waals surface area (Å²) >= 11 is 0. The van der Waals surface area contributed by atoms with Crippen molar-refractivity contribution >= 4 is 12.0 Å². The number of carboxylic acids is 1. The molecule has 3 N–H and O–H groups in total. The third-order valence-electron chi connectivity index (χ3n) is 5.19. The van der Waals surface area contributed by atoms with Gasteiger partial charge in [-0.15, -0.1) is 0 Å². The molecule has 0 bridgehead atoms. The van der Waals surface area contributed by atoms with Gasteiger partial charge in [0.2, 0.25) is 0 Å². The number of amides is 2. The second-order valence-corrected chi connectivity index (χ2v) is 6.77. The largest absolute Gasteiger partial charge is 0.480 e. The maximum Gasteiger partial charge on any atom is 0.329 e. The molecule has 0 aromatic rings. The molecule has 114 valence electrons. The molecule has 0 aliphatic heterocycles. The van der Waals surface area contributed by atoms with Crippen molar-refractivity contribution in [2.75, 3.05) is 6.54 Å². The zero-order valence-electron chi connectivity index (χ0n) is 12.5. The number of nitrogens with one attached hydrogen (secondary N) is 2. The summed E-state index contributed by atoms with van der Waals surface area (Å²) in [4.78, 5) is 23.5. The van der Waals surface area contributed by atoms with Gasteiger partial charge in [-0.05, 0) is 37.0 Å². The van der Waals surface area contributed by atoms with Crippen LogP contribution in [0.3, 0.4) is 0 Å². The van der Waals surface area contributed by atoms with E-state index in [-0.39, 0.29) is 11.4 Å². The van der Waals surface area contributed by atoms with Crippen molar-refractivity contribution in [3.63, 3.8) is 0 Å². The number of carbonyl (C=O) groups is 2. The highest BCUT2D eigenvalue weighted by Gasteiger charge is 2.46. The number of hydrogen-bond donors (Lipinski definition) is 3. The summed E-state index contributed by atoms with van der Waals surface area (Å²) in [6, 6.07) is -0.332. The van der Waals surface area contributed by atoms with Crippen LogP contribution in [-0.2, 0) is 4.79 Å². The molecule has 0 aromatic heterocycles. The average molecular weight is 282 g/mol. The van der Waals surface area contributed by atoms with E-state index in [2.05, 4.69) is 24.5 Å². The van der Waals surface area contributed by atoms with Crippen LogP contribution in [-0.4, -0.2) is 29.2 Å². The molecule has 2 amide bonds. The number of urea groups is 1. The van der Waals surface area contributed by atoms with E-state index in [1.807, 2.05) is 0 Å². The van der Waals surface area contributed by atoms with Gasteiger partial charge in [-0.3, -0.25) is 0 Å². The molecule has 2 rings (SSSR count). The van der Waals surface area contributed by atoms with Gasteiger partial charge in [0.25, 0.3) is 0 Å². The molecule has 0 saturated heterocycles. The van der Waals surface area contributed by atoms with E-state index in [1.165, 1.54) is 0 Å². The normalized spacial score (nSPS) is 23.1. The van der Waals surface area contributed by atoms with Crippen molar-refractivity contribution in [3.8, 4) is 0 Å². The maximum absolute atomic E-state index is 12.0. The summed E-state index contributed by atoms with van der Waals surface area (Å²) in [5.74, 6) is -0.358. The van der Waals surface area contributed by atoms with E-state index in [1.54, 1.807) is 0 Å². The number of carboxylic acid groups (broad SMARTS) is 1. The first kappa shape index (κ1) is 15.1. The molecular formula is C15H26N2O3. The SMILES string of the molecule is CC(C)C1(CNC(=O)NC2(C(=O)O)CCCCC2)CC1. The van der Waals surface area contributed by atoms with Gasteiger partial charge in [0, 0.05) is 6.54 Å². The van der Waals surface area contributed by atoms with Crippen LogP contribution in [0.25, 0.3) is 0 Å². The lowest BCUT2D eigenvalue weighted by Gasteiger charge is -2.34. The molecule has 0 aromatic carbocycles. The van der Waals surface area contributed by atoms with Crippen molar-refractivity contribution in [1.82, 2.24) is 10.6 Å². The summed E-state index contributed by atoms with van der Waals surface area (Å²) in [5.41, 5.74) is -0.822. The van der Waals surface area contributed by atoms with Gasteiger partial charge < -0.3 is 15.7 Å². The molecule has 2 aliphatic carbocycles. The van der Waals surface area contributed by atoms with E-state index in [4.69, 9.17) is 0 Å². The summed E-state index contributed by atoms with van der Waals surface area (Å²) in [6.45, 7) is 4.99. The van der Waals surface area contributed by atoms with Crippen LogP contribution in [0.5, 0.6) is 0 Å². The lowest BCUT2D eigenvalue weighted by molar-refractivity contribution is -0.145. The Kier molecular flexibility index (Phi) is 4.25. The molecule has 0 radical (unpaired) electrons. The topological polar surface area (TPSA) is 78.4 Å². The van der Waals surface area contributed by atoms with Gasteiger partial charge in [0.15, 0.2) is 0 Å². The fourth-order valence-corrected chi connectivity index (χ4v) is 3.18. The Morgan fingerprint density at radius 1 is 1.10 bits per heavy atom. The zero-order valence-corrected chi connectivity index (χ0v) is 12.5. The second kappa shape index (κ2) is 5.62. The van der Waals surface area contributed by atoms with E-state index in [0.717, 1.165) is 32.1 Å². The van der Waals surface area contributed by atoms with E-state index in [0.29, 0.717) is 25.3 Å². The lowest BCUT2D eigenvalue weighted by Crippen LogP contribution is -2.58. The summed E-state index contributed by atoms with van der Waals surface area (Å²) < 4.78 is 0. The van der Waals surface area contributed by atoms with Gasteiger partial charge in [0.05, 0.1) is 0 Å². The number of aliphatic carboxylic acids is 1. The smallest absolute Gasteiger partial charge is 0.329 e. The van der Waals surface area contributed by atoms with Gasteiger partial charge in [-0.25, -0.2) is 9.59 Å². The second-order valence-electron chi connectivity index (χ2n) is 6.77. The fraction of sp³-hybridized carbons (Fsp3) is 0.867. The standard InChI is InChI=1S/C15H26N2O3/c1-11(2)14(8-9-14)10-16-13(20)17-15(12(18)19)6-4-3-5-7-15/h11H,3-10H2,1-2H3,(H,18,19)(H2,16,17,20). The molecule has 2 saturated carbocycles. The molecular weight excluding hydrogens is 256 g/mol. The number of hydrogen-bond acceptors (Lipinski definition) is 2. The van der Waals surface area contributed by atoms with Crippen molar-refractivity contribution < 1.29 is 14.7 Å². The molecule has 20 heavy (non-hydrogen) atoms. The molecule has 2 fully saturated rings. The molecule has 2 aliphatic rings. The van der Waals surface area contributed by atoms with Gasteiger partial charge in [-0.1, -0.05) is 33.1 Å². The Bertz CT molecular complexity index is 383. The fourth-order valence-electron chi connectivity index (χ4n) is 3.18. The molecule has 0 atom stereocenters. The predicted octanol–water partition coefficient (Wildman–Crippen LogP) is 2.51. The lowest BCUT2D eigenvalue weighted by atomic mass is 9.82. The maximum atomic E-state index is 12.0. The van der Waals surface area contributed by atoms with Crippen LogP contribution in [0.1, 0.15) is 58.8 Å². The molecule has 0 unspecified atom stereocenters. The van der Waals surface area contributed by atoms with Gasteiger partial charge >= 0.3 is 12.0 Å². The Morgan fingerprint density at radius 3 is 2.15 bits per heavy atom. The molecule has 5 heteroatoms. The third kappa shape index (κ3) is 3.07. The third-order valence-corrected chi connectivity index (χ3v) is 5.19. The highest BCUT2D eigenvalue weighted by molar-refractivity contribution is 5.86. The van der Waals surface area contributed by atoms with Crippen LogP contribution in [0.15, 0.2) is 0 Å². The average Bonchev–Trinajstić information content (AvgIpc) is 3.18. The molecule has 0 spiro atoms. The molecule has 5 nitrogen and oxygen atoms in total. The van der Waals surface area contributed by atoms with Crippen LogP contribution in [0, 0.1) is 11.3 Å². The highest BCUT2D eigenvalue weighted by Crippen LogP contribution is 2.51. The molecule has 0 heterocycles. The van der Waals surface area contributed by atoms with E-state index >= 15 is 0 Å². The minimum atomic E-state index is -1.06. The van der Waals surface area contributed by atoms with Crippen molar-refractivity contribution in [2.24, 2.45) is 11.3 Å². The first-order valence-electron chi connectivity index (χ1n) is 7.70. The predicted molar refractivity (Wildman–Crippen MR) is 76.5 cm³/mol. The van der Waals surface area contributed by atoms with E-state index < -0.39 is 11.5 Å². The van der Waals surface area contributed by atoms with Crippen molar-refractivity contribution in [1.29, 1.82) is 0 Å². The van der Waals surface area contributed by atoms with Crippen LogP contribution >= 0.6 is 0 Å². The minimum absolute atomic E-state index is 0.236. The van der Waals surface area contributed by atoms with Crippen LogP contribution in [0.4, 0.5) is 4.79 Å². The Balaban J connectivity index is 1.88. The van der Waals surface area contributed by atoms with Crippen molar-refractivity contribution in [3.05, 3.63) is 0 Å². The first-order valence-corrected chi connectivity index (χ1v) is 7.70. The Morgan fingerprint density at radius 2 is 1.70 bits per heavy atom. The first-order chi connectivity index (χ1) is 9.40. The van der Waals surface area contributed by atoms with E-state index in [9.17, 15) is 14.7 Å².